The molecule has 1 heterocycles. The lowest BCUT2D eigenvalue weighted by Crippen LogP contribution is -2.02. The number of rotatable bonds is 5. The molecule has 0 amide bonds. The number of aromatic nitrogens is 2. The van der Waals surface area contributed by atoms with Gasteiger partial charge in [0.2, 0.25) is 0 Å². The lowest BCUT2D eigenvalue weighted by molar-refractivity contribution is 0.414. The summed E-state index contributed by atoms with van der Waals surface area (Å²) >= 11 is 0. The van der Waals surface area contributed by atoms with E-state index in [1.165, 1.54) is 11.3 Å². The van der Waals surface area contributed by atoms with Crippen molar-refractivity contribution in [1.82, 2.24) is 9.78 Å². The second-order valence-electron chi connectivity index (χ2n) is 4.19. The molecule has 1 aromatic heterocycles. The number of methoxy groups -OCH3 is 1. The maximum absolute atomic E-state index is 5.20. The van der Waals surface area contributed by atoms with Crippen LogP contribution in [0, 0.1) is 6.92 Å². The molecule has 0 atom stereocenters. The average Bonchev–Trinajstić information content (AvgIpc) is 2.77. The highest BCUT2D eigenvalue weighted by Crippen LogP contribution is 2.14. The first-order valence-electron chi connectivity index (χ1n) is 6.14. The summed E-state index contributed by atoms with van der Waals surface area (Å²) in [5.74, 6) is 1.79. The van der Waals surface area contributed by atoms with Crippen molar-refractivity contribution in [3.05, 3.63) is 41.6 Å². The van der Waals surface area contributed by atoms with Crippen molar-refractivity contribution in [3.8, 4) is 5.75 Å². The van der Waals surface area contributed by atoms with Crippen LogP contribution in [0.4, 0.5) is 5.82 Å². The first-order chi connectivity index (χ1) is 8.72. The summed E-state index contributed by atoms with van der Waals surface area (Å²) in [7, 11) is 1.68. The van der Waals surface area contributed by atoms with Crippen LogP contribution in [0.15, 0.2) is 30.3 Å². The second-order valence-corrected chi connectivity index (χ2v) is 4.19. The molecule has 2 rings (SSSR count). The largest absolute Gasteiger partial charge is 0.497 e. The standard InChI is InChI=1S/C14H19N3O/c1-4-17-11(2)8-14(16-17)15-10-12-6-5-7-13(9-12)18-3/h5-9H,4,10H2,1-3H3,(H,15,16). The molecule has 0 saturated carbocycles. The van der Waals surface area contributed by atoms with Crippen molar-refractivity contribution >= 4 is 5.82 Å². The summed E-state index contributed by atoms with van der Waals surface area (Å²) in [5, 5.41) is 7.78. The molecule has 0 aliphatic rings. The molecular weight excluding hydrogens is 226 g/mol. The van der Waals surface area contributed by atoms with Gasteiger partial charge in [0.05, 0.1) is 7.11 Å². The van der Waals surface area contributed by atoms with Crippen molar-refractivity contribution in [2.24, 2.45) is 0 Å². The Morgan fingerprint density at radius 2 is 2.17 bits per heavy atom. The number of ether oxygens (including phenoxy) is 1. The van der Waals surface area contributed by atoms with E-state index >= 15 is 0 Å². The van der Waals surface area contributed by atoms with Gasteiger partial charge in [-0.2, -0.15) is 5.10 Å². The Morgan fingerprint density at radius 3 is 2.83 bits per heavy atom. The van der Waals surface area contributed by atoms with Crippen LogP contribution in [-0.2, 0) is 13.1 Å². The van der Waals surface area contributed by atoms with E-state index in [-0.39, 0.29) is 0 Å². The Balaban J connectivity index is 2.01. The zero-order valence-corrected chi connectivity index (χ0v) is 11.1. The molecule has 18 heavy (non-hydrogen) atoms. The van der Waals surface area contributed by atoms with Crippen LogP contribution in [-0.4, -0.2) is 16.9 Å². The van der Waals surface area contributed by atoms with Gasteiger partial charge < -0.3 is 10.1 Å². The molecule has 4 heteroatoms. The third-order valence-corrected chi connectivity index (χ3v) is 2.89. The van der Waals surface area contributed by atoms with Gasteiger partial charge in [-0.05, 0) is 31.5 Å². The SMILES string of the molecule is CCn1nc(NCc2cccc(OC)c2)cc1C. The Kier molecular flexibility index (Phi) is 3.87. The van der Waals surface area contributed by atoms with E-state index in [9.17, 15) is 0 Å². The highest BCUT2D eigenvalue weighted by atomic mass is 16.5. The van der Waals surface area contributed by atoms with Crippen LogP contribution in [0.5, 0.6) is 5.75 Å². The Bertz CT molecular complexity index is 520. The number of anilines is 1. The highest BCUT2D eigenvalue weighted by Gasteiger charge is 2.02. The van der Waals surface area contributed by atoms with Crippen molar-refractivity contribution < 1.29 is 4.74 Å². The monoisotopic (exact) mass is 245 g/mol. The van der Waals surface area contributed by atoms with Gasteiger partial charge in [-0.15, -0.1) is 0 Å². The smallest absolute Gasteiger partial charge is 0.148 e. The summed E-state index contributed by atoms with van der Waals surface area (Å²) in [6.45, 7) is 5.79. The number of benzene rings is 1. The van der Waals surface area contributed by atoms with Crippen LogP contribution >= 0.6 is 0 Å². The van der Waals surface area contributed by atoms with E-state index in [4.69, 9.17) is 4.74 Å². The number of aryl methyl sites for hydroxylation is 2. The van der Waals surface area contributed by atoms with Crippen molar-refractivity contribution in [3.63, 3.8) is 0 Å². The summed E-state index contributed by atoms with van der Waals surface area (Å²) in [6, 6.07) is 10.1. The molecule has 96 valence electrons. The number of nitrogens with one attached hydrogen (secondary N) is 1. The van der Waals surface area contributed by atoms with Gasteiger partial charge in [0.25, 0.3) is 0 Å². The molecule has 0 saturated heterocycles. The van der Waals surface area contributed by atoms with Gasteiger partial charge in [-0.1, -0.05) is 12.1 Å². The topological polar surface area (TPSA) is 39.1 Å². The minimum absolute atomic E-state index is 0.747. The van der Waals surface area contributed by atoms with Crippen LogP contribution < -0.4 is 10.1 Å². The molecule has 0 aliphatic heterocycles. The summed E-state index contributed by atoms with van der Waals surface area (Å²) in [5.41, 5.74) is 2.35. The van der Waals surface area contributed by atoms with E-state index < -0.39 is 0 Å². The fraction of sp³-hybridized carbons (Fsp3) is 0.357. The Hall–Kier alpha value is -1.97. The summed E-state index contributed by atoms with van der Waals surface area (Å²) < 4.78 is 7.18. The van der Waals surface area contributed by atoms with Gasteiger partial charge >= 0.3 is 0 Å². The van der Waals surface area contributed by atoms with Crippen LogP contribution in [0.2, 0.25) is 0 Å². The normalized spacial score (nSPS) is 10.4. The molecule has 1 aromatic carbocycles. The maximum Gasteiger partial charge on any atom is 0.148 e. The molecule has 2 aromatic rings. The van der Waals surface area contributed by atoms with E-state index in [1.807, 2.05) is 22.9 Å². The van der Waals surface area contributed by atoms with Crippen molar-refractivity contribution in [1.29, 1.82) is 0 Å². The molecule has 4 nitrogen and oxygen atoms in total. The van der Waals surface area contributed by atoms with Gasteiger partial charge in [0.15, 0.2) is 0 Å². The van der Waals surface area contributed by atoms with Crippen molar-refractivity contribution in [2.45, 2.75) is 26.9 Å². The van der Waals surface area contributed by atoms with Gasteiger partial charge in [0.1, 0.15) is 11.6 Å². The summed E-state index contributed by atoms with van der Waals surface area (Å²) in [4.78, 5) is 0. The Labute approximate surface area is 108 Å². The first kappa shape index (κ1) is 12.5. The first-order valence-corrected chi connectivity index (χ1v) is 6.14. The minimum Gasteiger partial charge on any atom is -0.497 e. The van der Waals surface area contributed by atoms with Gasteiger partial charge in [-0.3, -0.25) is 4.68 Å². The van der Waals surface area contributed by atoms with Crippen LogP contribution in [0.1, 0.15) is 18.2 Å². The highest BCUT2D eigenvalue weighted by molar-refractivity contribution is 5.38. The molecule has 0 spiro atoms. The molecule has 0 radical (unpaired) electrons. The lowest BCUT2D eigenvalue weighted by Gasteiger charge is -2.05. The van der Waals surface area contributed by atoms with E-state index in [0.717, 1.165) is 24.7 Å². The Morgan fingerprint density at radius 1 is 1.33 bits per heavy atom. The third-order valence-electron chi connectivity index (χ3n) is 2.89. The predicted molar refractivity (Wildman–Crippen MR) is 73.0 cm³/mol. The fourth-order valence-electron chi connectivity index (χ4n) is 1.89. The van der Waals surface area contributed by atoms with Gasteiger partial charge in [-0.25, -0.2) is 0 Å². The maximum atomic E-state index is 5.20. The zero-order valence-electron chi connectivity index (χ0n) is 11.1. The molecule has 0 fully saturated rings. The molecule has 0 bridgehead atoms. The van der Waals surface area contributed by atoms with Crippen molar-refractivity contribution in [2.75, 3.05) is 12.4 Å². The molecular formula is C14H19N3O. The van der Waals surface area contributed by atoms with E-state index in [2.05, 4.69) is 36.4 Å². The number of nitrogens with zero attached hydrogens (tertiary/aromatic N) is 2. The van der Waals surface area contributed by atoms with E-state index in [1.54, 1.807) is 7.11 Å². The van der Waals surface area contributed by atoms with Crippen LogP contribution in [0.3, 0.4) is 0 Å². The quantitative estimate of drug-likeness (QED) is 0.880. The zero-order chi connectivity index (χ0) is 13.0. The minimum atomic E-state index is 0.747. The number of hydrogen-bond acceptors (Lipinski definition) is 3. The second kappa shape index (κ2) is 5.58. The third kappa shape index (κ3) is 2.83. The predicted octanol–water partition coefficient (Wildman–Crippen LogP) is 2.83. The average molecular weight is 245 g/mol. The molecule has 1 N–H and O–H groups in total. The van der Waals surface area contributed by atoms with Crippen LogP contribution in [0.25, 0.3) is 0 Å². The lowest BCUT2D eigenvalue weighted by atomic mass is 10.2. The molecule has 0 aliphatic carbocycles. The molecule has 0 unspecified atom stereocenters. The number of hydrogen-bond donors (Lipinski definition) is 1. The van der Waals surface area contributed by atoms with E-state index in [0.29, 0.717) is 0 Å². The summed E-state index contributed by atoms with van der Waals surface area (Å²) in [6.07, 6.45) is 0. The van der Waals surface area contributed by atoms with Gasteiger partial charge in [0, 0.05) is 24.8 Å². The fourth-order valence-corrected chi connectivity index (χ4v) is 1.89.